The molecule has 0 spiro atoms. The van der Waals surface area contributed by atoms with Crippen LogP contribution in [0.15, 0.2) is 24.3 Å². The minimum absolute atomic E-state index is 0.0135. The van der Waals surface area contributed by atoms with Gasteiger partial charge < -0.3 is 14.8 Å². The van der Waals surface area contributed by atoms with Crippen molar-refractivity contribution in [1.29, 1.82) is 0 Å². The number of ether oxygens (including phenoxy) is 2. The molecule has 1 N–H and O–H groups in total. The van der Waals surface area contributed by atoms with E-state index in [4.69, 9.17) is 4.74 Å². The van der Waals surface area contributed by atoms with E-state index in [9.17, 15) is 9.59 Å². The molecule has 1 fully saturated rings. The van der Waals surface area contributed by atoms with E-state index < -0.39 is 0 Å². The van der Waals surface area contributed by atoms with Crippen molar-refractivity contribution in [3.63, 3.8) is 0 Å². The summed E-state index contributed by atoms with van der Waals surface area (Å²) in [4.78, 5) is 23.2. The summed E-state index contributed by atoms with van der Waals surface area (Å²) in [6.45, 7) is 2.20. The lowest BCUT2D eigenvalue weighted by Crippen LogP contribution is -2.43. The molecule has 0 saturated heterocycles. The van der Waals surface area contributed by atoms with Crippen molar-refractivity contribution in [2.24, 2.45) is 5.92 Å². The van der Waals surface area contributed by atoms with Gasteiger partial charge in [-0.05, 0) is 36.5 Å². The molecule has 1 aromatic carbocycles. The molecule has 0 radical (unpaired) electrons. The Bertz CT molecular complexity index is 526. The average molecular weight is 319 g/mol. The first-order valence-corrected chi connectivity index (χ1v) is 8.16. The second-order valence-electron chi connectivity index (χ2n) is 6.12. The first-order valence-electron chi connectivity index (χ1n) is 8.16. The quantitative estimate of drug-likeness (QED) is 0.818. The fraction of sp³-hybridized carbons (Fsp3) is 0.556. The van der Waals surface area contributed by atoms with Crippen LogP contribution in [0.5, 0.6) is 5.75 Å². The summed E-state index contributed by atoms with van der Waals surface area (Å²) in [5, 5.41) is 3.06. The van der Waals surface area contributed by atoms with Crippen LogP contribution in [0.2, 0.25) is 0 Å². The number of carbonyl (C=O) groups is 2. The molecular formula is C18H25NO4. The molecule has 0 aromatic heterocycles. The van der Waals surface area contributed by atoms with Gasteiger partial charge in [-0.15, -0.1) is 0 Å². The molecule has 0 bridgehead atoms. The molecule has 5 nitrogen and oxygen atoms in total. The highest BCUT2D eigenvalue weighted by atomic mass is 16.5. The first-order chi connectivity index (χ1) is 11.1. The largest absolute Gasteiger partial charge is 0.484 e. The van der Waals surface area contributed by atoms with E-state index in [1.807, 2.05) is 0 Å². The van der Waals surface area contributed by atoms with Gasteiger partial charge in [0.15, 0.2) is 6.61 Å². The SMILES string of the molecule is COC(=O)Cc1ccc(OCC(=O)NC2CCCCC2C)cc1. The molecule has 2 unspecified atom stereocenters. The second kappa shape index (κ2) is 8.56. The van der Waals surface area contributed by atoms with Crippen molar-refractivity contribution in [2.75, 3.05) is 13.7 Å². The van der Waals surface area contributed by atoms with E-state index in [-0.39, 0.29) is 30.9 Å². The summed E-state index contributed by atoms with van der Waals surface area (Å²) >= 11 is 0. The van der Waals surface area contributed by atoms with Crippen LogP contribution in [0.1, 0.15) is 38.2 Å². The molecule has 1 aromatic rings. The number of rotatable bonds is 6. The lowest BCUT2D eigenvalue weighted by molar-refractivity contribution is -0.139. The highest BCUT2D eigenvalue weighted by Gasteiger charge is 2.22. The summed E-state index contributed by atoms with van der Waals surface area (Å²) in [7, 11) is 1.37. The van der Waals surface area contributed by atoms with Crippen molar-refractivity contribution < 1.29 is 19.1 Å². The normalized spacial score (nSPS) is 20.6. The zero-order chi connectivity index (χ0) is 16.7. The van der Waals surface area contributed by atoms with Crippen LogP contribution in [-0.2, 0) is 20.7 Å². The zero-order valence-corrected chi connectivity index (χ0v) is 13.8. The van der Waals surface area contributed by atoms with Gasteiger partial charge in [0.05, 0.1) is 13.5 Å². The average Bonchev–Trinajstić information content (AvgIpc) is 2.56. The monoisotopic (exact) mass is 319 g/mol. The van der Waals surface area contributed by atoms with Gasteiger partial charge in [0, 0.05) is 6.04 Å². The van der Waals surface area contributed by atoms with Crippen LogP contribution in [0, 0.1) is 5.92 Å². The van der Waals surface area contributed by atoms with Gasteiger partial charge in [-0.2, -0.15) is 0 Å². The minimum Gasteiger partial charge on any atom is -0.484 e. The van der Waals surface area contributed by atoms with E-state index >= 15 is 0 Å². The number of benzene rings is 1. The van der Waals surface area contributed by atoms with Gasteiger partial charge in [-0.25, -0.2) is 0 Å². The highest BCUT2D eigenvalue weighted by molar-refractivity contribution is 5.78. The predicted molar refractivity (Wildman–Crippen MR) is 87.2 cm³/mol. The van der Waals surface area contributed by atoms with Crippen LogP contribution in [-0.4, -0.2) is 31.6 Å². The minimum atomic E-state index is -0.278. The Morgan fingerprint density at radius 2 is 1.87 bits per heavy atom. The Labute approximate surface area is 137 Å². The van der Waals surface area contributed by atoms with Crippen molar-refractivity contribution in [3.8, 4) is 5.75 Å². The van der Waals surface area contributed by atoms with Gasteiger partial charge in [-0.1, -0.05) is 31.9 Å². The molecule has 0 aliphatic heterocycles. The third-order valence-electron chi connectivity index (χ3n) is 4.33. The highest BCUT2D eigenvalue weighted by Crippen LogP contribution is 2.23. The van der Waals surface area contributed by atoms with Crippen LogP contribution in [0.3, 0.4) is 0 Å². The summed E-state index contributed by atoms with van der Waals surface area (Å²) in [5.74, 6) is 0.790. The van der Waals surface area contributed by atoms with Gasteiger partial charge in [-0.3, -0.25) is 9.59 Å². The van der Waals surface area contributed by atoms with Crippen LogP contribution in [0.4, 0.5) is 0 Å². The van der Waals surface area contributed by atoms with Crippen LogP contribution < -0.4 is 10.1 Å². The molecular weight excluding hydrogens is 294 g/mol. The van der Waals surface area contributed by atoms with Crippen molar-refractivity contribution in [1.82, 2.24) is 5.32 Å². The van der Waals surface area contributed by atoms with Crippen LogP contribution >= 0.6 is 0 Å². The maximum atomic E-state index is 12.0. The number of nitrogens with one attached hydrogen (secondary N) is 1. The van der Waals surface area contributed by atoms with Crippen molar-refractivity contribution in [2.45, 2.75) is 45.1 Å². The zero-order valence-electron chi connectivity index (χ0n) is 13.8. The fourth-order valence-electron chi connectivity index (χ4n) is 2.87. The summed E-state index contributed by atoms with van der Waals surface area (Å²) < 4.78 is 10.1. The third kappa shape index (κ3) is 5.58. The maximum Gasteiger partial charge on any atom is 0.309 e. The van der Waals surface area contributed by atoms with E-state index in [2.05, 4.69) is 17.0 Å². The molecule has 1 aliphatic rings. The standard InChI is InChI=1S/C18H25NO4/c1-13-5-3-4-6-16(13)19-17(20)12-23-15-9-7-14(8-10-15)11-18(21)22-2/h7-10,13,16H,3-6,11-12H2,1-2H3,(H,19,20). The number of esters is 1. The Morgan fingerprint density at radius 1 is 1.17 bits per heavy atom. The molecule has 2 atom stereocenters. The number of hydrogen-bond acceptors (Lipinski definition) is 4. The lowest BCUT2D eigenvalue weighted by atomic mass is 9.86. The number of hydrogen-bond donors (Lipinski definition) is 1. The predicted octanol–water partition coefficient (Wildman–Crippen LogP) is 2.48. The molecule has 126 valence electrons. The molecule has 1 aliphatic carbocycles. The number of carbonyl (C=O) groups excluding carboxylic acids is 2. The molecule has 23 heavy (non-hydrogen) atoms. The van der Waals surface area contributed by atoms with Gasteiger partial charge >= 0.3 is 5.97 Å². The topological polar surface area (TPSA) is 64.6 Å². The lowest BCUT2D eigenvalue weighted by Gasteiger charge is -2.29. The van der Waals surface area contributed by atoms with Crippen LogP contribution in [0.25, 0.3) is 0 Å². The van der Waals surface area contributed by atoms with Crippen molar-refractivity contribution >= 4 is 11.9 Å². The Hall–Kier alpha value is -2.04. The van der Waals surface area contributed by atoms with Crippen molar-refractivity contribution in [3.05, 3.63) is 29.8 Å². The summed E-state index contributed by atoms with van der Waals surface area (Å²) in [5.41, 5.74) is 0.852. The van der Waals surface area contributed by atoms with E-state index in [1.54, 1.807) is 24.3 Å². The number of amides is 1. The Kier molecular flexibility index (Phi) is 6.44. The van der Waals surface area contributed by atoms with Gasteiger partial charge in [0.25, 0.3) is 5.91 Å². The second-order valence-corrected chi connectivity index (χ2v) is 6.12. The number of methoxy groups -OCH3 is 1. The smallest absolute Gasteiger partial charge is 0.309 e. The summed E-state index contributed by atoms with van der Waals surface area (Å²) in [6, 6.07) is 7.38. The van der Waals surface area contributed by atoms with Gasteiger partial charge in [0.1, 0.15) is 5.75 Å². The molecule has 5 heteroatoms. The van der Waals surface area contributed by atoms with Gasteiger partial charge in [0.2, 0.25) is 0 Å². The Balaban J connectivity index is 1.76. The third-order valence-corrected chi connectivity index (χ3v) is 4.33. The first kappa shape index (κ1) is 17.3. The molecule has 1 amide bonds. The Morgan fingerprint density at radius 3 is 2.52 bits per heavy atom. The maximum absolute atomic E-state index is 12.0. The van der Waals surface area contributed by atoms with E-state index in [0.29, 0.717) is 11.7 Å². The molecule has 1 saturated carbocycles. The fourth-order valence-corrected chi connectivity index (χ4v) is 2.87. The summed E-state index contributed by atoms with van der Waals surface area (Å²) in [6.07, 6.45) is 4.89. The molecule has 2 rings (SSSR count). The molecule has 0 heterocycles. The van der Waals surface area contributed by atoms with E-state index in [1.165, 1.54) is 26.4 Å². The van der Waals surface area contributed by atoms with E-state index in [0.717, 1.165) is 12.0 Å².